The van der Waals surface area contributed by atoms with Crippen LogP contribution in [0.2, 0.25) is 0 Å². The Morgan fingerprint density at radius 2 is 1.59 bits per heavy atom. The molecule has 0 aromatic heterocycles. The van der Waals surface area contributed by atoms with Crippen LogP contribution in [0.15, 0.2) is 24.8 Å². The molecule has 0 amide bonds. The van der Waals surface area contributed by atoms with Crippen molar-refractivity contribution >= 4 is 0 Å². The largest absolute Gasteiger partial charge is 0.490 e. The molecule has 0 aliphatic heterocycles. The van der Waals surface area contributed by atoms with Crippen LogP contribution in [0.4, 0.5) is 8.78 Å². The lowest BCUT2D eigenvalue weighted by molar-refractivity contribution is 0.127. The number of hydrogen-bond acceptors (Lipinski definition) is 1. The van der Waals surface area contributed by atoms with Crippen molar-refractivity contribution in [3.05, 3.63) is 42.0 Å². The molecule has 3 rings (SSSR count). The first-order chi connectivity index (χ1) is 14.1. The molecule has 0 saturated heterocycles. The molecule has 29 heavy (non-hydrogen) atoms. The maximum absolute atomic E-state index is 14.4. The van der Waals surface area contributed by atoms with Gasteiger partial charge in [0.1, 0.15) is 0 Å². The van der Waals surface area contributed by atoms with E-state index in [1.54, 1.807) is 12.1 Å². The summed E-state index contributed by atoms with van der Waals surface area (Å²) in [6.07, 6.45) is 15.8. The van der Waals surface area contributed by atoms with Gasteiger partial charge in [-0.15, -0.1) is 6.58 Å². The summed E-state index contributed by atoms with van der Waals surface area (Å²) < 4.78 is 34.4. The van der Waals surface area contributed by atoms with Gasteiger partial charge in [0, 0.05) is 0 Å². The van der Waals surface area contributed by atoms with Crippen molar-refractivity contribution in [2.24, 2.45) is 23.7 Å². The highest BCUT2D eigenvalue weighted by Crippen LogP contribution is 2.41. The molecule has 1 nitrogen and oxygen atoms in total. The SMILES string of the molecule is C=CC1CCC(C2CCC(COc3ccc(CCCCC)c(F)c3F)CC2)CC1. The Hall–Kier alpha value is -1.38. The van der Waals surface area contributed by atoms with E-state index in [-0.39, 0.29) is 5.75 Å². The maximum atomic E-state index is 14.4. The summed E-state index contributed by atoms with van der Waals surface area (Å²) in [6.45, 7) is 6.55. The van der Waals surface area contributed by atoms with Crippen molar-refractivity contribution in [2.75, 3.05) is 6.61 Å². The molecule has 162 valence electrons. The third-order valence-corrected chi connectivity index (χ3v) is 7.36. The predicted octanol–water partition coefficient (Wildman–Crippen LogP) is 7.88. The van der Waals surface area contributed by atoms with Crippen LogP contribution >= 0.6 is 0 Å². The van der Waals surface area contributed by atoms with Crippen LogP contribution in [-0.4, -0.2) is 6.61 Å². The Morgan fingerprint density at radius 1 is 0.931 bits per heavy atom. The first kappa shape index (κ1) is 22.3. The lowest BCUT2D eigenvalue weighted by Crippen LogP contribution is -2.27. The molecule has 0 radical (unpaired) electrons. The Kier molecular flexibility index (Phi) is 8.56. The predicted molar refractivity (Wildman–Crippen MR) is 116 cm³/mol. The van der Waals surface area contributed by atoms with Gasteiger partial charge in [0.2, 0.25) is 5.82 Å². The Balaban J connectivity index is 1.43. The zero-order chi connectivity index (χ0) is 20.6. The van der Waals surface area contributed by atoms with E-state index in [2.05, 4.69) is 19.6 Å². The number of halogens is 2. The molecule has 2 fully saturated rings. The minimum atomic E-state index is -0.813. The highest BCUT2D eigenvalue weighted by Gasteiger charge is 2.30. The topological polar surface area (TPSA) is 9.23 Å². The van der Waals surface area contributed by atoms with Crippen LogP contribution < -0.4 is 4.74 Å². The number of unbranched alkanes of at least 4 members (excludes halogenated alkanes) is 2. The molecule has 2 aliphatic rings. The molecule has 0 spiro atoms. The lowest BCUT2D eigenvalue weighted by Gasteiger charge is -2.37. The molecule has 0 bridgehead atoms. The standard InChI is InChI=1S/C26H38F2O/c1-3-5-6-7-23-16-17-24(26(28)25(23)27)29-18-20-10-14-22(15-11-20)21-12-8-19(4-2)9-13-21/h4,16-17,19-22H,2-3,5-15,18H2,1H3. The molecule has 0 atom stereocenters. The molecule has 2 aliphatic carbocycles. The van der Waals surface area contributed by atoms with Gasteiger partial charge in [-0.25, -0.2) is 4.39 Å². The van der Waals surface area contributed by atoms with Crippen molar-refractivity contribution in [3.8, 4) is 5.75 Å². The number of benzene rings is 1. The van der Waals surface area contributed by atoms with Crippen molar-refractivity contribution in [1.82, 2.24) is 0 Å². The van der Waals surface area contributed by atoms with Gasteiger partial charge in [0.05, 0.1) is 6.61 Å². The molecule has 0 N–H and O–H groups in total. The third-order valence-electron chi connectivity index (χ3n) is 7.36. The van der Waals surface area contributed by atoms with Gasteiger partial charge in [-0.3, -0.25) is 0 Å². The number of aryl methyl sites for hydroxylation is 1. The summed E-state index contributed by atoms with van der Waals surface area (Å²) in [5.41, 5.74) is 0.468. The van der Waals surface area contributed by atoms with Crippen LogP contribution in [0.5, 0.6) is 5.75 Å². The summed E-state index contributed by atoms with van der Waals surface area (Å²) in [5.74, 6) is 1.44. The minimum absolute atomic E-state index is 0.0756. The second kappa shape index (κ2) is 11.1. The van der Waals surface area contributed by atoms with Gasteiger partial charge < -0.3 is 4.74 Å². The van der Waals surface area contributed by atoms with Gasteiger partial charge in [-0.1, -0.05) is 31.9 Å². The lowest BCUT2D eigenvalue weighted by atomic mass is 9.69. The highest BCUT2D eigenvalue weighted by molar-refractivity contribution is 5.31. The molecule has 0 unspecified atom stereocenters. The summed E-state index contributed by atoms with van der Waals surface area (Å²) in [4.78, 5) is 0. The summed E-state index contributed by atoms with van der Waals surface area (Å²) in [7, 11) is 0. The molecule has 2 saturated carbocycles. The van der Waals surface area contributed by atoms with Gasteiger partial charge in [0.25, 0.3) is 0 Å². The van der Waals surface area contributed by atoms with Crippen LogP contribution in [0, 0.1) is 35.3 Å². The Morgan fingerprint density at radius 3 is 2.21 bits per heavy atom. The fourth-order valence-electron chi connectivity index (χ4n) is 5.33. The van der Waals surface area contributed by atoms with Gasteiger partial charge in [-0.2, -0.15) is 4.39 Å². The minimum Gasteiger partial charge on any atom is -0.490 e. The first-order valence-corrected chi connectivity index (χ1v) is 11.8. The van der Waals surface area contributed by atoms with Gasteiger partial charge in [-0.05, 0) is 99.5 Å². The zero-order valence-electron chi connectivity index (χ0n) is 18.1. The summed E-state index contributed by atoms with van der Waals surface area (Å²) in [5, 5.41) is 0. The van der Waals surface area contributed by atoms with E-state index in [1.165, 1.54) is 38.5 Å². The van der Waals surface area contributed by atoms with E-state index >= 15 is 0 Å². The van der Waals surface area contributed by atoms with E-state index < -0.39 is 11.6 Å². The van der Waals surface area contributed by atoms with Gasteiger partial charge >= 0.3 is 0 Å². The second-order valence-electron chi connectivity index (χ2n) is 9.31. The average Bonchev–Trinajstić information content (AvgIpc) is 2.77. The zero-order valence-corrected chi connectivity index (χ0v) is 18.1. The normalized spacial score (nSPS) is 27.6. The van der Waals surface area contributed by atoms with Crippen molar-refractivity contribution in [3.63, 3.8) is 0 Å². The summed E-state index contributed by atoms with van der Waals surface area (Å²) in [6, 6.07) is 3.31. The fraction of sp³-hybridized carbons (Fsp3) is 0.692. The van der Waals surface area contributed by atoms with Crippen LogP contribution in [0.3, 0.4) is 0 Å². The van der Waals surface area contributed by atoms with Crippen LogP contribution in [0.1, 0.15) is 83.1 Å². The molecular weight excluding hydrogens is 366 g/mol. The fourth-order valence-corrected chi connectivity index (χ4v) is 5.33. The average molecular weight is 405 g/mol. The number of ether oxygens (including phenoxy) is 1. The van der Waals surface area contributed by atoms with Gasteiger partial charge in [0.15, 0.2) is 11.6 Å². The van der Waals surface area contributed by atoms with E-state index in [9.17, 15) is 8.78 Å². The Labute approximate surface area is 175 Å². The monoisotopic (exact) mass is 404 g/mol. The van der Waals surface area contributed by atoms with Crippen molar-refractivity contribution in [1.29, 1.82) is 0 Å². The maximum Gasteiger partial charge on any atom is 0.200 e. The smallest absolute Gasteiger partial charge is 0.200 e. The molecule has 1 aromatic rings. The number of hydrogen-bond donors (Lipinski definition) is 0. The number of allylic oxidation sites excluding steroid dienone is 1. The Bertz CT molecular complexity index is 640. The van der Waals surface area contributed by atoms with E-state index in [4.69, 9.17) is 4.74 Å². The second-order valence-corrected chi connectivity index (χ2v) is 9.31. The van der Waals surface area contributed by atoms with Crippen molar-refractivity contribution in [2.45, 2.75) is 84.0 Å². The van der Waals surface area contributed by atoms with E-state index in [0.29, 0.717) is 24.5 Å². The van der Waals surface area contributed by atoms with Crippen molar-refractivity contribution < 1.29 is 13.5 Å². The highest BCUT2D eigenvalue weighted by atomic mass is 19.2. The summed E-state index contributed by atoms with van der Waals surface area (Å²) >= 11 is 0. The third kappa shape index (κ3) is 6.06. The quantitative estimate of drug-likeness (QED) is 0.300. The van der Waals surface area contributed by atoms with E-state index in [1.807, 2.05) is 0 Å². The molecule has 3 heteroatoms. The van der Waals surface area contributed by atoms with Crippen LogP contribution in [0.25, 0.3) is 0 Å². The first-order valence-electron chi connectivity index (χ1n) is 11.8. The van der Waals surface area contributed by atoms with Crippen LogP contribution in [-0.2, 0) is 6.42 Å². The molecule has 0 heterocycles. The molecular formula is C26H38F2O. The molecule has 1 aromatic carbocycles. The van der Waals surface area contributed by atoms with E-state index in [0.717, 1.165) is 49.9 Å². The number of rotatable bonds is 9.